The van der Waals surface area contributed by atoms with E-state index in [-0.39, 0.29) is 35.3 Å². The predicted molar refractivity (Wildman–Crippen MR) is 78.4 cm³/mol. The first kappa shape index (κ1) is 15.8. The van der Waals surface area contributed by atoms with Crippen molar-refractivity contribution in [3.63, 3.8) is 0 Å². The molecule has 0 radical (unpaired) electrons. The van der Waals surface area contributed by atoms with E-state index in [2.05, 4.69) is 0 Å². The van der Waals surface area contributed by atoms with Crippen molar-refractivity contribution in [2.75, 3.05) is 26.0 Å². The normalized spacial score (nSPS) is 21.4. The highest BCUT2D eigenvalue weighted by atomic mass is 32.2. The molecule has 114 valence electrons. The Morgan fingerprint density at radius 2 is 2.10 bits per heavy atom. The minimum absolute atomic E-state index is 0.0819. The van der Waals surface area contributed by atoms with Gasteiger partial charge < -0.3 is 9.64 Å². The summed E-state index contributed by atoms with van der Waals surface area (Å²) >= 11 is 1.18. The Hall–Kier alpha value is -1.56. The number of esters is 1. The molecule has 0 N–H and O–H groups in total. The molecule has 0 aliphatic carbocycles. The summed E-state index contributed by atoms with van der Waals surface area (Å²) in [7, 11) is 1.35. The lowest BCUT2D eigenvalue weighted by Crippen LogP contribution is -2.31. The number of ether oxygens (including phenoxy) is 1. The van der Waals surface area contributed by atoms with Gasteiger partial charge in [-0.15, -0.1) is 11.8 Å². The molecule has 0 saturated carbocycles. The van der Waals surface area contributed by atoms with Crippen LogP contribution in [0.15, 0.2) is 29.2 Å². The maximum atomic E-state index is 13.5. The van der Waals surface area contributed by atoms with Gasteiger partial charge in [0.1, 0.15) is 5.82 Å². The molecule has 1 saturated heterocycles. The van der Waals surface area contributed by atoms with Crippen LogP contribution in [0.25, 0.3) is 0 Å². The van der Waals surface area contributed by atoms with E-state index in [0.717, 1.165) is 0 Å². The molecule has 21 heavy (non-hydrogen) atoms. The summed E-state index contributed by atoms with van der Waals surface area (Å²) in [5, 5.41) is 0. The zero-order valence-electron chi connectivity index (χ0n) is 12.0. The van der Waals surface area contributed by atoms with Crippen LogP contribution < -0.4 is 0 Å². The summed E-state index contributed by atoms with van der Waals surface area (Å²) in [6, 6.07) is 6.38. The van der Waals surface area contributed by atoms with E-state index in [9.17, 15) is 14.0 Å². The van der Waals surface area contributed by atoms with Crippen molar-refractivity contribution in [1.29, 1.82) is 0 Å². The minimum Gasteiger partial charge on any atom is -0.469 e. The first-order valence-corrected chi connectivity index (χ1v) is 7.74. The average Bonchev–Trinajstić information content (AvgIpc) is 2.87. The average molecular weight is 311 g/mol. The third-order valence-corrected chi connectivity index (χ3v) is 4.69. The fourth-order valence-electron chi connectivity index (χ4n) is 2.42. The number of rotatable bonds is 4. The molecule has 1 heterocycles. The molecule has 1 aliphatic heterocycles. The van der Waals surface area contributed by atoms with Gasteiger partial charge >= 0.3 is 5.97 Å². The number of amides is 1. The zero-order chi connectivity index (χ0) is 15.4. The van der Waals surface area contributed by atoms with Crippen LogP contribution in [-0.2, 0) is 14.3 Å². The van der Waals surface area contributed by atoms with Gasteiger partial charge in [0.15, 0.2) is 0 Å². The van der Waals surface area contributed by atoms with Gasteiger partial charge in [-0.25, -0.2) is 4.39 Å². The standard InChI is InChI=1S/C15H18FNO3S/c1-10-7-17(8-11(10)15(19)20-2)14(18)9-21-13-6-4-3-5-12(13)16/h3-6,10-11H,7-9H2,1-2H3. The molecule has 1 aromatic carbocycles. The Morgan fingerprint density at radius 3 is 2.76 bits per heavy atom. The highest BCUT2D eigenvalue weighted by Gasteiger charge is 2.37. The van der Waals surface area contributed by atoms with Crippen LogP contribution in [-0.4, -0.2) is 42.7 Å². The predicted octanol–water partition coefficient (Wildman–Crippen LogP) is 2.19. The lowest BCUT2D eigenvalue weighted by Gasteiger charge is -2.15. The number of benzene rings is 1. The highest BCUT2D eigenvalue weighted by molar-refractivity contribution is 8.00. The Balaban J connectivity index is 1.90. The lowest BCUT2D eigenvalue weighted by molar-refractivity contribution is -0.146. The first-order chi connectivity index (χ1) is 10.0. The number of likely N-dealkylation sites (tertiary alicyclic amines) is 1. The summed E-state index contributed by atoms with van der Waals surface area (Å²) in [6.07, 6.45) is 0. The van der Waals surface area contributed by atoms with Gasteiger partial charge in [0, 0.05) is 18.0 Å². The number of hydrogen-bond acceptors (Lipinski definition) is 4. The SMILES string of the molecule is COC(=O)C1CN(C(=O)CSc2ccccc2F)CC1C. The van der Waals surface area contributed by atoms with Gasteiger partial charge in [-0.1, -0.05) is 19.1 Å². The van der Waals surface area contributed by atoms with Crippen molar-refractivity contribution in [1.82, 2.24) is 4.90 Å². The van der Waals surface area contributed by atoms with Crippen molar-refractivity contribution in [2.24, 2.45) is 11.8 Å². The smallest absolute Gasteiger partial charge is 0.310 e. The van der Waals surface area contributed by atoms with Crippen molar-refractivity contribution < 1.29 is 18.7 Å². The van der Waals surface area contributed by atoms with Crippen molar-refractivity contribution in [3.05, 3.63) is 30.1 Å². The summed E-state index contributed by atoms with van der Waals surface area (Å²) < 4.78 is 18.2. The van der Waals surface area contributed by atoms with Crippen LogP contribution in [0.5, 0.6) is 0 Å². The van der Waals surface area contributed by atoms with Gasteiger partial charge in [0.2, 0.25) is 5.91 Å². The fraction of sp³-hybridized carbons (Fsp3) is 0.467. The van der Waals surface area contributed by atoms with Crippen molar-refractivity contribution >= 4 is 23.6 Å². The van der Waals surface area contributed by atoms with Crippen LogP contribution in [0.4, 0.5) is 4.39 Å². The molecule has 1 aliphatic rings. The van der Waals surface area contributed by atoms with Crippen LogP contribution in [0, 0.1) is 17.7 Å². The van der Waals surface area contributed by atoms with Gasteiger partial charge in [-0.2, -0.15) is 0 Å². The third kappa shape index (κ3) is 3.75. The topological polar surface area (TPSA) is 46.6 Å². The largest absolute Gasteiger partial charge is 0.469 e. The quantitative estimate of drug-likeness (QED) is 0.632. The second kappa shape index (κ2) is 6.93. The van der Waals surface area contributed by atoms with Gasteiger partial charge in [0.25, 0.3) is 0 Å². The molecule has 0 aromatic heterocycles. The number of hydrogen-bond donors (Lipinski definition) is 0. The van der Waals surface area contributed by atoms with Gasteiger partial charge in [-0.05, 0) is 18.1 Å². The summed E-state index contributed by atoms with van der Waals surface area (Å²) in [6.45, 7) is 2.85. The number of nitrogens with zero attached hydrogens (tertiary/aromatic N) is 1. The number of halogens is 1. The molecule has 2 unspecified atom stereocenters. The second-order valence-electron chi connectivity index (χ2n) is 5.12. The number of carbonyl (C=O) groups excluding carboxylic acids is 2. The van der Waals surface area contributed by atoms with Crippen LogP contribution in [0.2, 0.25) is 0 Å². The number of methoxy groups -OCH3 is 1. The monoisotopic (exact) mass is 311 g/mol. The Kier molecular flexibility index (Phi) is 5.22. The molecule has 0 bridgehead atoms. The number of thioether (sulfide) groups is 1. The third-order valence-electron chi connectivity index (χ3n) is 3.66. The molecule has 4 nitrogen and oxygen atoms in total. The summed E-state index contributed by atoms with van der Waals surface area (Å²) in [5.41, 5.74) is 0. The van der Waals surface area contributed by atoms with Crippen LogP contribution in [0.3, 0.4) is 0 Å². The van der Waals surface area contributed by atoms with Crippen molar-refractivity contribution in [2.45, 2.75) is 11.8 Å². The Morgan fingerprint density at radius 1 is 1.38 bits per heavy atom. The van der Waals surface area contributed by atoms with E-state index >= 15 is 0 Å². The van der Waals surface area contributed by atoms with Gasteiger partial charge in [-0.3, -0.25) is 9.59 Å². The van der Waals surface area contributed by atoms with Crippen molar-refractivity contribution in [3.8, 4) is 0 Å². The molecule has 2 atom stereocenters. The zero-order valence-corrected chi connectivity index (χ0v) is 12.9. The van der Waals surface area contributed by atoms with Crippen LogP contribution >= 0.6 is 11.8 Å². The van der Waals surface area contributed by atoms with E-state index in [1.165, 1.54) is 24.9 Å². The fourth-order valence-corrected chi connectivity index (χ4v) is 3.26. The van der Waals surface area contributed by atoms with Crippen LogP contribution in [0.1, 0.15) is 6.92 Å². The maximum Gasteiger partial charge on any atom is 0.310 e. The van der Waals surface area contributed by atoms with E-state index < -0.39 is 0 Å². The maximum absolute atomic E-state index is 13.5. The van der Waals surface area contributed by atoms with Gasteiger partial charge in [0.05, 0.1) is 18.8 Å². The summed E-state index contributed by atoms with van der Waals surface area (Å²) in [4.78, 5) is 25.9. The lowest BCUT2D eigenvalue weighted by atomic mass is 9.99. The Bertz CT molecular complexity index is 537. The molecule has 1 fully saturated rings. The van der Waals surface area contributed by atoms with E-state index in [0.29, 0.717) is 18.0 Å². The molecule has 6 heteroatoms. The Labute approximate surface area is 127 Å². The highest BCUT2D eigenvalue weighted by Crippen LogP contribution is 2.26. The summed E-state index contributed by atoms with van der Waals surface area (Å²) in [5.74, 6) is -0.697. The second-order valence-corrected chi connectivity index (χ2v) is 6.14. The van der Waals surface area contributed by atoms with E-state index in [4.69, 9.17) is 4.74 Å². The molecule has 1 aromatic rings. The van der Waals surface area contributed by atoms with E-state index in [1.807, 2.05) is 6.92 Å². The number of carbonyl (C=O) groups is 2. The molecule has 0 spiro atoms. The molecular weight excluding hydrogens is 293 g/mol. The minimum atomic E-state index is -0.322. The molecule has 1 amide bonds. The van der Waals surface area contributed by atoms with E-state index in [1.54, 1.807) is 23.1 Å². The molecule has 2 rings (SSSR count). The molecular formula is C15H18FNO3S. The first-order valence-electron chi connectivity index (χ1n) is 6.76.